The number of nitrogens with one attached hydrogen (secondary N) is 1. The Morgan fingerprint density at radius 2 is 1.71 bits per heavy atom. The van der Waals surface area contributed by atoms with Crippen LogP contribution in [0.2, 0.25) is 10.0 Å². The van der Waals surface area contributed by atoms with Gasteiger partial charge in [0.05, 0.1) is 12.1 Å². The van der Waals surface area contributed by atoms with Gasteiger partial charge < -0.3 is 14.8 Å². The lowest BCUT2D eigenvalue weighted by Crippen LogP contribution is -2.29. The summed E-state index contributed by atoms with van der Waals surface area (Å²) < 4.78 is 11.5. The molecule has 0 heterocycles. The molecule has 0 radical (unpaired) electrons. The first kappa shape index (κ1) is 21.3. The number of hydrogen-bond donors (Lipinski definition) is 1. The summed E-state index contributed by atoms with van der Waals surface area (Å²) in [6, 6.07) is 12.2. The molecule has 5 heteroatoms. The van der Waals surface area contributed by atoms with E-state index in [-0.39, 0.29) is 0 Å². The minimum atomic E-state index is 0.385. The lowest BCUT2D eigenvalue weighted by atomic mass is 9.96. The molecule has 3 nitrogen and oxygen atoms in total. The number of hydrogen-bond acceptors (Lipinski definition) is 3. The van der Waals surface area contributed by atoms with Crippen molar-refractivity contribution in [3.8, 4) is 11.5 Å². The number of rotatable bonds is 7. The Morgan fingerprint density at radius 3 is 2.43 bits per heavy atom. The van der Waals surface area contributed by atoms with E-state index in [1.165, 1.54) is 44.9 Å². The maximum Gasteiger partial charge on any atom is 0.180 e. The van der Waals surface area contributed by atoms with Crippen LogP contribution in [0.5, 0.6) is 11.5 Å². The van der Waals surface area contributed by atoms with Crippen LogP contribution in [0.3, 0.4) is 0 Å². The molecular formula is C23H29Cl2NO2. The minimum absolute atomic E-state index is 0.385. The van der Waals surface area contributed by atoms with Gasteiger partial charge in [0, 0.05) is 17.6 Å². The third-order valence-electron chi connectivity index (χ3n) is 5.26. The van der Waals surface area contributed by atoms with E-state index in [1.54, 1.807) is 7.11 Å². The number of benzene rings is 2. The minimum Gasteiger partial charge on any atom is -0.493 e. The zero-order valence-corrected chi connectivity index (χ0v) is 18.0. The number of methoxy groups -OCH3 is 1. The highest BCUT2D eigenvalue weighted by atomic mass is 35.5. The summed E-state index contributed by atoms with van der Waals surface area (Å²) in [5.41, 5.74) is 2.10. The normalized spacial score (nSPS) is 15.7. The van der Waals surface area contributed by atoms with Crippen LogP contribution in [0.15, 0.2) is 36.4 Å². The van der Waals surface area contributed by atoms with Gasteiger partial charge in [-0.05, 0) is 48.2 Å². The number of ether oxygens (including phenoxy) is 2. The van der Waals surface area contributed by atoms with E-state index in [0.29, 0.717) is 34.2 Å². The molecule has 2 aromatic rings. The van der Waals surface area contributed by atoms with Crippen LogP contribution in [0.25, 0.3) is 0 Å². The summed E-state index contributed by atoms with van der Waals surface area (Å²) in [6.07, 6.45) is 9.25. The molecule has 2 aromatic carbocycles. The summed E-state index contributed by atoms with van der Waals surface area (Å²) in [5.74, 6) is 1.22. The van der Waals surface area contributed by atoms with Gasteiger partial charge in [-0.2, -0.15) is 0 Å². The molecule has 0 aromatic heterocycles. The second kappa shape index (κ2) is 10.9. The van der Waals surface area contributed by atoms with E-state index in [4.69, 9.17) is 32.7 Å². The van der Waals surface area contributed by atoms with Gasteiger partial charge in [-0.25, -0.2) is 0 Å². The lowest BCUT2D eigenvalue weighted by Gasteiger charge is -2.21. The van der Waals surface area contributed by atoms with Crippen molar-refractivity contribution < 1.29 is 9.47 Å². The molecule has 3 rings (SSSR count). The van der Waals surface area contributed by atoms with Crippen molar-refractivity contribution in [2.45, 2.75) is 64.1 Å². The second-order valence-corrected chi connectivity index (χ2v) is 8.29. The molecule has 1 aliphatic rings. The third kappa shape index (κ3) is 6.30. The van der Waals surface area contributed by atoms with Crippen molar-refractivity contribution in [1.82, 2.24) is 5.32 Å². The summed E-state index contributed by atoms with van der Waals surface area (Å²) in [4.78, 5) is 0. The molecular weight excluding hydrogens is 393 g/mol. The summed E-state index contributed by atoms with van der Waals surface area (Å²) in [6.45, 7) is 1.17. The molecule has 1 N–H and O–H groups in total. The highest BCUT2D eigenvalue weighted by Gasteiger charge is 2.15. The molecule has 1 aliphatic carbocycles. The Bertz CT molecular complexity index is 758. The first-order valence-electron chi connectivity index (χ1n) is 10.1. The molecule has 0 spiro atoms. The smallest absolute Gasteiger partial charge is 0.180 e. The molecule has 0 atom stereocenters. The van der Waals surface area contributed by atoms with Gasteiger partial charge in [0.1, 0.15) is 6.61 Å². The van der Waals surface area contributed by atoms with E-state index >= 15 is 0 Å². The highest BCUT2D eigenvalue weighted by Crippen LogP contribution is 2.37. The Labute approximate surface area is 178 Å². The van der Waals surface area contributed by atoms with Gasteiger partial charge in [0.2, 0.25) is 0 Å². The van der Waals surface area contributed by atoms with Crippen molar-refractivity contribution in [3.05, 3.63) is 57.6 Å². The largest absolute Gasteiger partial charge is 0.493 e. The fourth-order valence-electron chi connectivity index (χ4n) is 3.72. The maximum absolute atomic E-state index is 6.52. The van der Waals surface area contributed by atoms with Crippen LogP contribution < -0.4 is 14.8 Å². The average Bonchev–Trinajstić information content (AvgIpc) is 2.66. The van der Waals surface area contributed by atoms with Gasteiger partial charge in [-0.3, -0.25) is 0 Å². The van der Waals surface area contributed by atoms with Gasteiger partial charge in [0.25, 0.3) is 0 Å². The topological polar surface area (TPSA) is 30.5 Å². The Hall–Kier alpha value is -1.42. The van der Waals surface area contributed by atoms with Crippen molar-refractivity contribution >= 4 is 23.2 Å². The Kier molecular flexibility index (Phi) is 8.32. The SMILES string of the molecule is COc1cc(CNC2CCCCCCC2)cc(Cl)c1OCc1cccc(Cl)c1. The zero-order valence-electron chi connectivity index (χ0n) is 16.5. The Morgan fingerprint density at radius 1 is 0.964 bits per heavy atom. The standard InChI is InChI=1S/C23H29Cl2NO2/c1-27-22-14-18(15-26-20-10-5-3-2-4-6-11-20)13-21(25)23(22)28-16-17-8-7-9-19(24)12-17/h7-9,12-14,20,26H,2-6,10-11,15-16H2,1H3. The van der Waals surface area contributed by atoms with Gasteiger partial charge >= 0.3 is 0 Å². The Balaban J connectivity index is 1.63. The summed E-state index contributed by atoms with van der Waals surface area (Å²) in [7, 11) is 1.64. The zero-order chi connectivity index (χ0) is 19.8. The molecule has 28 heavy (non-hydrogen) atoms. The van der Waals surface area contributed by atoms with Crippen LogP contribution in [-0.2, 0) is 13.2 Å². The maximum atomic E-state index is 6.52. The molecule has 0 bridgehead atoms. The summed E-state index contributed by atoms with van der Waals surface area (Å²) in [5, 5.41) is 4.95. The third-order valence-corrected chi connectivity index (χ3v) is 5.78. The first-order chi connectivity index (χ1) is 13.7. The quantitative estimate of drug-likeness (QED) is 0.533. The summed E-state index contributed by atoms with van der Waals surface area (Å²) >= 11 is 12.6. The highest BCUT2D eigenvalue weighted by molar-refractivity contribution is 6.32. The molecule has 1 fully saturated rings. The van der Waals surface area contributed by atoms with Crippen molar-refractivity contribution in [2.24, 2.45) is 0 Å². The van der Waals surface area contributed by atoms with Crippen molar-refractivity contribution in [1.29, 1.82) is 0 Å². The fourth-order valence-corrected chi connectivity index (χ4v) is 4.22. The fraction of sp³-hybridized carbons (Fsp3) is 0.478. The van der Waals surface area contributed by atoms with E-state index in [0.717, 1.165) is 17.7 Å². The first-order valence-corrected chi connectivity index (χ1v) is 10.9. The van der Waals surface area contributed by atoms with Gasteiger partial charge in [0.15, 0.2) is 11.5 Å². The van der Waals surface area contributed by atoms with E-state index in [1.807, 2.05) is 36.4 Å². The van der Waals surface area contributed by atoms with E-state index in [9.17, 15) is 0 Å². The van der Waals surface area contributed by atoms with Gasteiger partial charge in [-0.15, -0.1) is 0 Å². The molecule has 152 valence electrons. The van der Waals surface area contributed by atoms with Crippen molar-refractivity contribution in [3.63, 3.8) is 0 Å². The second-order valence-electron chi connectivity index (χ2n) is 7.45. The van der Waals surface area contributed by atoms with E-state index in [2.05, 4.69) is 5.32 Å². The lowest BCUT2D eigenvalue weighted by molar-refractivity contribution is 0.284. The molecule has 0 aliphatic heterocycles. The van der Waals surface area contributed by atoms with Crippen molar-refractivity contribution in [2.75, 3.05) is 7.11 Å². The van der Waals surface area contributed by atoms with Gasteiger partial charge in [-0.1, -0.05) is 67.4 Å². The average molecular weight is 422 g/mol. The van der Waals surface area contributed by atoms with Crippen LogP contribution in [-0.4, -0.2) is 13.2 Å². The molecule has 0 saturated heterocycles. The predicted octanol–water partition coefficient (Wildman–Crippen LogP) is 6.78. The van der Waals surface area contributed by atoms with Crippen LogP contribution >= 0.6 is 23.2 Å². The van der Waals surface area contributed by atoms with E-state index < -0.39 is 0 Å². The molecule has 0 unspecified atom stereocenters. The predicted molar refractivity (Wildman–Crippen MR) is 117 cm³/mol. The monoisotopic (exact) mass is 421 g/mol. The number of halogens is 2. The molecule has 1 saturated carbocycles. The van der Waals surface area contributed by atoms with Crippen LogP contribution in [0.4, 0.5) is 0 Å². The van der Waals surface area contributed by atoms with Crippen LogP contribution in [0, 0.1) is 0 Å². The molecule has 0 amide bonds. The van der Waals surface area contributed by atoms with Crippen LogP contribution in [0.1, 0.15) is 56.1 Å².